The molecule has 0 spiro atoms. The lowest BCUT2D eigenvalue weighted by molar-refractivity contribution is -0.137. The smallest absolute Gasteiger partial charge is 0.276 e. The number of para-hydroxylation sites is 1. The maximum absolute atomic E-state index is 13.2. The Morgan fingerprint density at radius 3 is 2.00 bits per heavy atom. The van der Waals surface area contributed by atoms with Crippen LogP contribution in [-0.4, -0.2) is 4.57 Å². The van der Waals surface area contributed by atoms with Gasteiger partial charge in [0.15, 0.2) is 0 Å². The zero-order valence-corrected chi connectivity index (χ0v) is 14.1. The Labute approximate surface area is 153 Å². The Morgan fingerprint density at radius 2 is 1.37 bits per heavy atom. The summed E-state index contributed by atoms with van der Waals surface area (Å²) in [7, 11) is 0. The van der Waals surface area contributed by atoms with Crippen molar-refractivity contribution in [3.05, 3.63) is 101 Å². The first-order valence-corrected chi connectivity index (χ1v) is 8.33. The average Bonchev–Trinajstić information content (AvgIpc) is 2.68. The van der Waals surface area contributed by atoms with Gasteiger partial charge in [0.25, 0.3) is 5.56 Å². The molecule has 0 radical (unpaired) electrons. The highest BCUT2D eigenvalue weighted by atomic mass is 19.4. The maximum Gasteiger partial charge on any atom is 0.416 e. The van der Waals surface area contributed by atoms with Crippen molar-refractivity contribution in [3.8, 4) is 16.9 Å². The average molecular weight is 365 g/mol. The van der Waals surface area contributed by atoms with Crippen molar-refractivity contribution in [2.75, 3.05) is 0 Å². The van der Waals surface area contributed by atoms with E-state index in [9.17, 15) is 18.0 Å². The molecule has 1 aromatic heterocycles. The zero-order valence-electron chi connectivity index (χ0n) is 14.1. The summed E-state index contributed by atoms with van der Waals surface area (Å²) in [6, 6.07) is 23.1. The van der Waals surface area contributed by atoms with Crippen molar-refractivity contribution >= 4 is 10.8 Å². The lowest BCUT2D eigenvalue weighted by atomic mass is 10.0. The van der Waals surface area contributed by atoms with E-state index < -0.39 is 11.7 Å². The molecule has 4 rings (SSSR count). The fraction of sp³-hybridized carbons (Fsp3) is 0.0455. The van der Waals surface area contributed by atoms with Crippen LogP contribution in [0.25, 0.3) is 27.7 Å². The highest BCUT2D eigenvalue weighted by Crippen LogP contribution is 2.32. The molecule has 0 amide bonds. The number of fused-ring (bicyclic) bond motifs is 1. The maximum atomic E-state index is 13.2. The third kappa shape index (κ3) is 3.12. The molecule has 0 aliphatic heterocycles. The summed E-state index contributed by atoms with van der Waals surface area (Å²) in [6.07, 6.45) is -4.46. The minimum absolute atomic E-state index is 0.242. The van der Waals surface area contributed by atoms with Gasteiger partial charge in [-0.3, -0.25) is 9.36 Å². The van der Waals surface area contributed by atoms with Gasteiger partial charge in [0.2, 0.25) is 0 Å². The summed E-state index contributed by atoms with van der Waals surface area (Å²) in [6.45, 7) is 0. The summed E-state index contributed by atoms with van der Waals surface area (Å²) < 4.78 is 40.8. The van der Waals surface area contributed by atoms with E-state index >= 15 is 0 Å². The molecule has 0 unspecified atom stereocenters. The number of alkyl halides is 3. The summed E-state index contributed by atoms with van der Waals surface area (Å²) >= 11 is 0. The molecule has 1 heterocycles. The SMILES string of the molecule is O=c1c2ccc(C(F)(F)F)cc2cc(-c2ccccc2)n1-c1ccccc1. The molecule has 27 heavy (non-hydrogen) atoms. The van der Waals surface area contributed by atoms with Crippen LogP contribution in [0.1, 0.15) is 5.56 Å². The number of halogens is 3. The third-order valence-electron chi connectivity index (χ3n) is 4.43. The quantitative estimate of drug-likeness (QED) is 0.448. The molecule has 0 aliphatic rings. The fourth-order valence-electron chi connectivity index (χ4n) is 3.15. The first kappa shape index (κ1) is 17.1. The molecule has 0 N–H and O–H groups in total. The molecule has 0 fully saturated rings. The molecule has 0 saturated carbocycles. The monoisotopic (exact) mass is 365 g/mol. The topological polar surface area (TPSA) is 22.0 Å². The van der Waals surface area contributed by atoms with E-state index in [4.69, 9.17) is 0 Å². The van der Waals surface area contributed by atoms with Gasteiger partial charge in [-0.15, -0.1) is 0 Å². The molecule has 0 saturated heterocycles. The van der Waals surface area contributed by atoms with Crippen LogP contribution in [-0.2, 0) is 6.18 Å². The van der Waals surface area contributed by atoms with E-state index in [1.165, 1.54) is 10.6 Å². The molecular weight excluding hydrogens is 351 g/mol. The Morgan fingerprint density at radius 1 is 0.741 bits per heavy atom. The number of aromatic nitrogens is 1. The van der Waals surface area contributed by atoms with E-state index in [1.807, 2.05) is 48.5 Å². The number of nitrogens with zero attached hydrogens (tertiary/aromatic N) is 1. The first-order valence-electron chi connectivity index (χ1n) is 8.33. The number of pyridine rings is 1. The van der Waals surface area contributed by atoms with Gasteiger partial charge in [0.05, 0.1) is 11.3 Å². The molecule has 3 aromatic carbocycles. The zero-order chi connectivity index (χ0) is 19.0. The van der Waals surface area contributed by atoms with Gasteiger partial charge in [-0.05, 0) is 47.3 Å². The van der Waals surface area contributed by atoms with Crippen molar-refractivity contribution < 1.29 is 13.2 Å². The second-order valence-corrected chi connectivity index (χ2v) is 6.17. The summed E-state index contributed by atoms with van der Waals surface area (Å²) in [5.41, 5.74) is 0.816. The van der Waals surface area contributed by atoms with Crippen LogP contribution >= 0.6 is 0 Å². The Bertz CT molecular complexity index is 1160. The van der Waals surface area contributed by atoms with Crippen molar-refractivity contribution in [1.82, 2.24) is 4.57 Å². The number of hydrogen-bond donors (Lipinski definition) is 0. The Hall–Kier alpha value is -3.34. The van der Waals surface area contributed by atoms with Crippen molar-refractivity contribution in [3.63, 3.8) is 0 Å². The van der Waals surface area contributed by atoms with Crippen molar-refractivity contribution in [1.29, 1.82) is 0 Å². The third-order valence-corrected chi connectivity index (χ3v) is 4.43. The van der Waals surface area contributed by atoms with Crippen LogP contribution in [0.5, 0.6) is 0 Å². The molecule has 134 valence electrons. The van der Waals surface area contributed by atoms with Gasteiger partial charge in [0, 0.05) is 11.1 Å². The standard InChI is InChI=1S/C22H14F3NO/c23-22(24,25)17-11-12-19-16(13-17)14-20(15-7-3-1-4-8-15)26(21(19)27)18-9-5-2-6-10-18/h1-14H. The van der Waals surface area contributed by atoms with Crippen LogP contribution in [0, 0.1) is 0 Å². The predicted molar refractivity (Wildman–Crippen MR) is 100.0 cm³/mol. The lowest BCUT2D eigenvalue weighted by Crippen LogP contribution is -2.20. The number of hydrogen-bond acceptors (Lipinski definition) is 1. The lowest BCUT2D eigenvalue weighted by Gasteiger charge is -2.16. The summed E-state index contributed by atoms with van der Waals surface area (Å²) in [5.74, 6) is 0. The van der Waals surface area contributed by atoms with E-state index in [0.29, 0.717) is 11.4 Å². The Balaban J connectivity index is 2.09. The van der Waals surface area contributed by atoms with Gasteiger partial charge >= 0.3 is 6.18 Å². The van der Waals surface area contributed by atoms with Gasteiger partial charge in [-0.25, -0.2) is 0 Å². The van der Waals surface area contributed by atoms with Gasteiger partial charge in [0.1, 0.15) is 0 Å². The highest BCUT2D eigenvalue weighted by molar-refractivity contribution is 5.87. The molecule has 0 bridgehead atoms. The summed E-state index contributed by atoms with van der Waals surface area (Å²) in [5, 5.41) is 0.507. The largest absolute Gasteiger partial charge is 0.416 e. The predicted octanol–water partition coefficient (Wildman–Crippen LogP) is 5.68. The highest BCUT2D eigenvalue weighted by Gasteiger charge is 2.30. The minimum Gasteiger partial charge on any atom is -0.276 e. The molecule has 4 aromatic rings. The number of benzene rings is 3. The van der Waals surface area contributed by atoms with Gasteiger partial charge < -0.3 is 0 Å². The van der Waals surface area contributed by atoms with Crippen LogP contribution in [0.15, 0.2) is 89.7 Å². The van der Waals surface area contributed by atoms with E-state index in [2.05, 4.69) is 0 Å². The normalized spacial score (nSPS) is 11.7. The molecule has 0 aliphatic carbocycles. The van der Waals surface area contributed by atoms with E-state index in [1.54, 1.807) is 18.2 Å². The van der Waals surface area contributed by atoms with Crippen LogP contribution in [0.2, 0.25) is 0 Å². The van der Waals surface area contributed by atoms with Crippen molar-refractivity contribution in [2.45, 2.75) is 6.18 Å². The van der Waals surface area contributed by atoms with Crippen LogP contribution < -0.4 is 5.56 Å². The fourth-order valence-corrected chi connectivity index (χ4v) is 3.15. The van der Waals surface area contributed by atoms with Crippen molar-refractivity contribution in [2.24, 2.45) is 0 Å². The molecule has 5 heteroatoms. The second kappa shape index (κ2) is 6.43. The second-order valence-electron chi connectivity index (χ2n) is 6.17. The van der Waals surface area contributed by atoms with Gasteiger partial charge in [-0.2, -0.15) is 13.2 Å². The van der Waals surface area contributed by atoms with Crippen LogP contribution in [0.3, 0.4) is 0 Å². The summed E-state index contributed by atoms with van der Waals surface area (Å²) in [4.78, 5) is 13.2. The molecule has 0 atom stereocenters. The Kier molecular flexibility index (Phi) is 4.07. The van der Waals surface area contributed by atoms with E-state index in [-0.39, 0.29) is 16.3 Å². The molecule has 2 nitrogen and oxygen atoms in total. The number of rotatable bonds is 2. The minimum atomic E-state index is -4.46. The van der Waals surface area contributed by atoms with E-state index in [0.717, 1.165) is 17.7 Å². The van der Waals surface area contributed by atoms with Crippen LogP contribution in [0.4, 0.5) is 13.2 Å². The van der Waals surface area contributed by atoms with Gasteiger partial charge in [-0.1, -0.05) is 48.5 Å². The first-order chi connectivity index (χ1) is 12.9. The molecular formula is C22H14F3NO.